The quantitative estimate of drug-likeness (QED) is 0.376. The second-order valence-corrected chi connectivity index (χ2v) is 5.81. The third-order valence-electron chi connectivity index (χ3n) is 3.16. The van der Waals surface area contributed by atoms with E-state index < -0.39 is 0 Å². The van der Waals surface area contributed by atoms with Crippen LogP contribution in [-0.2, 0) is 0 Å². The van der Waals surface area contributed by atoms with Gasteiger partial charge in [-0.05, 0) is 5.92 Å². The number of aliphatic imine (C=N–C) groups is 2. The van der Waals surface area contributed by atoms with Crippen molar-refractivity contribution < 1.29 is 0 Å². The van der Waals surface area contributed by atoms with Gasteiger partial charge in [-0.2, -0.15) is 4.99 Å². The predicted molar refractivity (Wildman–Crippen MR) is 89.5 cm³/mol. The second-order valence-electron chi connectivity index (χ2n) is 5.43. The van der Waals surface area contributed by atoms with Crippen molar-refractivity contribution >= 4 is 29.6 Å². The molecule has 0 aromatic carbocycles. The van der Waals surface area contributed by atoms with Gasteiger partial charge in [0.15, 0.2) is 5.84 Å². The maximum atomic E-state index is 8.00. The zero-order valence-electron chi connectivity index (χ0n) is 12.8. The van der Waals surface area contributed by atoms with Crippen molar-refractivity contribution in [1.82, 2.24) is 21.1 Å². The lowest BCUT2D eigenvalue weighted by Gasteiger charge is -2.32. The van der Waals surface area contributed by atoms with Crippen LogP contribution < -0.4 is 21.9 Å². The Bertz CT molecular complexity index is 575. The van der Waals surface area contributed by atoms with Crippen LogP contribution in [0, 0.1) is 11.3 Å². The molecule has 0 amide bonds. The van der Waals surface area contributed by atoms with Crippen molar-refractivity contribution in [2.24, 2.45) is 21.6 Å². The Morgan fingerprint density at radius 3 is 3.00 bits per heavy atom. The first-order chi connectivity index (χ1) is 10.4. The Morgan fingerprint density at radius 2 is 2.36 bits per heavy atom. The molecule has 0 spiro atoms. The van der Waals surface area contributed by atoms with Crippen LogP contribution in [0.4, 0.5) is 0 Å². The maximum Gasteiger partial charge on any atom is 0.206 e. The van der Waals surface area contributed by atoms with Gasteiger partial charge in [0, 0.05) is 26.0 Å². The van der Waals surface area contributed by atoms with E-state index in [-0.39, 0.29) is 12.0 Å². The fourth-order valence-corrected chi connectivity index (χ4v) is 2.25. The molecule has 22 heavy (non-hydrogen) atoms. The van der Waals surface area contributed by atoms with E-state index in [2.05, 4.69) is 40.0 Å². The first-order valence-corrected chi connectivity index (χ1v) is 7.32. The minimum atomic E-state index is -0.258. The van der Waals surface area contributed by atoms with Gasteiger partial charge in [0.25, 0.3) is 0 Å². The first-order valence-electron chi connectivity index (χ1n) is 6.94. The summed E-state index contributed by atoms with van der Waals surface area (Å²) in [5.74, 6) is 1.07. The molecule has 0 aromatic rings. The van der Waals surface area contributed by atoms with Crippen LogP contribution in [0.15, 0.2) is 32.6 Å². The second kappa shape index (κ2) is 6.80. The average Bonchev–Trinajstić information content (AvgIpc) is 2.85. The number of fused-ring (bicyclic) bond motifs is 1. The highest BCUT2D eigenvalue weighted by Gasteiger charge is 2.36. The molecule has 0 aromatic heterocycles. The number of amidine groups is 1. The van der Waals surface area contributed by atoms with E-state index in [4.69, 9.17) is 22.7 Å². The van der Waals surface area contributed by atoms with Crippen molar-refractivity contribution in [2.45, 2.75) is 20.0 Å². The number of rotatable bonds is 4. The van der Waals surface area contributed by atoms with Crippen molar-refractivity contribution in [3.05, 3.63) is 22.6 Å². The molecule has 2 aliphatic heterocycles. The molecule has 2 rings (SSSR count). The molecular weight excluding hydrogens is 304 g/mol. The highest BCUT2D eigenvalue weighted by molar-refractivity contribution is 6.32. The zero-order chi connectivity index (χ0) is 16.3. The molecule has 8 nitrogen and oxygen atoms in total. The molecule has 9 heteroatoms. The summed E-state index contributed by atoms with van der Waals surface area (Å²) in [5.41, 5.74) is 12.6. The maximum absolute atomic E-state index is 8.00. The Kier molecular flexibility index (Phi) is 5.04. The van der Waals surface area contributed by atoms with E-state index in [0.717, 1.165) is 0 Å². The van der Waals surface area contributed by atoms with Crippen LogP contribution in [0.5, 0.6) is 0 Å². The minimum Gasteiger partial charge on any atom is -0.403 e. The lowest BCUT2D eigenvalue weighted by atomic mass is 10.2. The zero-order valence-corrected chi connectivity index (χ0v) is 13.6. The van der Waals surface area contributed by atoms with Gasteiger partial charge >= 0.3 is 0 Å². The highest BCUT2D eigenvalue weighted by Crippen LogP contribution is 2.23. The number of nitrogens with zero attached hydrogens (tertiary/aromatic N) is 3. The first kappa shape index (κ1) is 16.3. The summed E-state index contributed by atoms with van der Waals surface area (Å²) in [7, 11) is 1.84. The van der Waals surface area contributed by atoms with E-state index >= 15 is 0 Å². The molecule has 2 aliphatic rings. The average molecular weight is 325 g/mol. The SMILES string of the molecule is CC(C)CN=CC(=CN)NC1=NC(=N)C2=C(Cl)NNC2N1C. The summed E-state index contributed by atoms with van der Waals surface area (Å²) in [6.07, 6.45) is 2.83. The number of likely N-dealkylation sites (N-methyl/N-ethyl adjacent to an activating group) is 1. The van der Waals surface area contributed by atoms with Gasteiger partial charge in [0.2, 0.25) is 5.96 Å². The number of nitrogens with one attached hydrogen (secondary N) is 4. The number of hydrogen-bond donors (Lipinski definition) is 5. The van der Waals surface area contributed by atoms with Crippen molar-refractivity contribution in [1.29, 1.82) is 5.41 Å². The topological polar surface area (TPSA) is 114 Å². The number of allylic oxidation sites excluding steroid dienone is 1. The minimum absolute atomic E-state index is 0.101. The molecular formula is C13H21ClN8. The molecule has 0 saturated carbocycles. The normalized spacial score (nSPS) is 22.3. The largest absolute Gasteiger partial charge is 0.403 e. The third-order valence-corrected chi connectivity index (χ3v) is 3.46. The van der Waals surface area contributed by atoms with E-state index in [9.17, 15) is 0 Å². The molecule has 6 N–H and O–H groups in total. The molecule has 1 unspecified atom stereocenters. The highest BCUT2D eigenvalue weighted by atomic mass is 35.5. The smallest absolute Gasteiger partial charge is 0.206 e. The predicted octanol–water partition coefficient (Wildman–Crippen LogP) is 0.266. The van der Waals surface area contributed by atoms with Crippen molar-refractivity contribution in [2.75, 3.05) is 13.6 Å². The Hall–Kier alpha value is -2.06. The van der Waals surface area contributed by atoms with Crippen LogP contribution in [0.2, 0.25) is 0 Å². The van der Waals surface area contributed by atoms with Crippen LogP contribution >= 0.6 is 11.6 Å². The number of guanidine groups is 1. The summed E-state index contributed by atoms with van der Waals surface area (Å²) < 4.78 is 0. The van der Waals surface area contributed by atoms with E-state index in [1.807, 2.05) is 11.9 Å². The van der Waals surface area contributed by atoms with Gasteiger partial charge in [0.1, 0.15) is 11.3 Å². The summed E-state index contributed by atoms with van der Waals surface area (Å²) in [5, 5.41) is 11.5. The van der Waals surface area contributed by atoms with E-state index in [1.54, 1.807) is 6.21 Å². The number of halogens is 1. The Labute approximate surface area is 134 Å². The van der Waals surface area contributed by atoms with E-state index in [1.165, 1.54) is 6.20 Å². The van der Waals surface area contributed by atoms with Crippen molar-refractivity contribution in [3.8, 4) is 0 Å². The molecule has 1 atom stereocenters. The van der Waals surface area contributed by atoms with Crippen LogP contribution in [0.3, 0.4) is 0 Å². The fourth-order valence-electron chi connectivity index (χ4n) is 2.01. The Morgan fingerprint density at radius 1 is 1.64 bits per heavy atom. The van der Waals surface area contributed by atoms with Gasteiger partial charge < -0.3 is 21.4 Å². The van der Waals surface area contributed by atoms with Crippen LogP contribution in [-0.4, -0.2) is 42.7 Å². The standard InChI is InChI=1S/C13H21ClN8/c1-7(2)5-17-6-8(4-15)18-13-19-11(16)9-10(14)20-21-12(9)22(13)3/h4,6-7,12,20-21H,5,15H2,1-3H3,(H2,16,18,19). The van der Waals surface area contributed by atoms with Crippen LogP contribution in [0.25, 0.3) is 0 Å². The monoisotopic (exact) mass is 324 g/mol. The number of hydrogen-bond acceptors (Lipinski definition) is 7. The van der Waals surface area contributed by atoms with Crippen molar-refractivity contribution in [3.63, 3.8) is 0 Å². The molecule has 0 saturated heterocycles. The summed E-state index contributed by atoms with van der Waals surface area (Å²) in [6, 6.07) is 0. The Balaban J connectivity index is 2.13. The lowest BCUT2D eigenvalue weighted by molar-refractivity contribution is 0.343. The number of hydrazine groups is 1. The fraction of sp³-hybridized carbons (Fsp3) is 0.462. The summed E-state index contributed by atoms with van der Waals surface area (Å²) >= 11 is 6.02. The summed E-state index contributed by atoms with van der Waals surface area (Å²) in [4.78, 5) is 10.4. The molecule has 0 bridgehead atoms. The molecule has 0 aliphatic carbocycles. The van der Waals surface area contributed by atoms with E-state index in [0.29, 0.717) is 34.8 Å². The molecule has 0 radical (unpaired) electrons. The number of nitrogens with two attached hydrogens (primary N) is 1. The third kappa shape index (κ3) is 3.40. The van der Waals surface area contributed by atoms with Crippen LogP contribution in [0.1, 0.15) is 13.8 Å². The van der Waals surface area contributed by atoms with Gasteiger partial charge in [-0.1, -0.05) is 25.4 Å². The molecule has 0 fully saturated rings. The van der Waals surface area contributed by atoms with Gasteiger partial charge in [-0.25, -0.2) is 5.43 Å². The van der Waals surface area contributed by atoms with Gasteiger partial charge in [-0.15, -0.1) is 0 Å². The lowest BCUT2D eigenvalue weighted by Crippen LogP contribution is -2.55. The van der Waals surface area contributed by atoms with Gasteiger partial charge in [0.05, 0.1) is 11.3 Å². The summed E-state index contributed by atoms with van der Waals surface area (Å²) in [6.45, 7) is 4.90. The molecule has 120 valence electrons. The van der Waals surface area contributed by atoms with Gasteiger partial charge in [-0.3, -0.25) is 10.4 Å². The molecule has 2 heterocycles.